The molecule has 1 fully saturated rings. The van der Waals surface area contributed by atoms with E-state index < -0.39 is 60.3 Å². The zero-order valence-electron chi connectivity index (χ0n) is 25.5. The molecule has 0 unspecified atom stereocenters. The van der Waals surface area contributed by atoms with E-state index in [1.165, 1.54) is 0 Å². The van der Waals surface area contributed by atoms with Gasteiger partial charge < -0.3 is 39.8 Å². The summed E-state index contributed by atoms with van der Waals surface area (Å²) in [5, 5.41) is 27.5. The fourth-order valence-corrected chi connectivity index (χ4v) is 4.77. The molecule has 240 valence electrons. The van der Waals surface area contributed by atoms with Crippen LogP contribution in [0.4, 0.5) is 4.79 Å². The molecule has 1 saturated heterocycles. The minimum absolute atomic E-state index is 0.0190. The molecule has 0 aliphatic carbocycles. The van der Waals surface area contributed by atoms with E-state index in [9.17, 15) is 24.6 Å². The van der Waals surface area contributed by atoms with Crippen molar-refractivity contribution in [1.29, 1.82) is 0 Å². The Hall–Kier alpha value is -4.29. The standard InChI is InChI=1S/C34H40N2O9/c1-34(2,3)45-26(37)19-25(24-17-11-6-12-18-24)35-31(40)30-29(39)28(38)27(32(44-30)42-20-22-13-7-4-8-14-22)36-33(41)43-21-23-15-9-5-10-16-23/h4-18,25,27-30,32,38-39H,19-21H2,1-3H3,(H,35,40)(H,36,41)/t25-,27+,28+,29-,30-,32+/m0/s1. The topological polar surface area (TPSA) is 153 Å². The van der Waals surface area contributed by atoms with E-state index in [2.05, 4.69) is 10.6 Å². The van der Waals surface area contributed by atoms with Crippen LogP contribution in [0.3, 0.4) is 0 Å². The number of hydrogen-bond acceptors (Lipinski definition) is 9. The summed E-state index contributed by atoms with van der Waals surface area (Å²) in [4.78, 5) is 39.0. The number of aliphatic hydroxyl groups is 2. The van der Waals surface area contributed by atoms with Gasteiger partial charge in [-0.05, 0) is 37.5 Å². The molecule has 1 aliphatic heterocycles. The first kappa shape index (κ1) is 33.6. The van der Waals surface area contributed by atoms with Gasteiger partial charge in [0.2, 0.25) is 0 Å². The molecule has 3 aromatic carbocycles. The highest BCUT2D eigenvalue weighted by Crippen LogP contribution is 2.26. The summed E-state index contributed by atoms with van der Waals surface area (Å²) in [7, 11) is 0. The zero-order valence-corrected chi connectivity index (χ0v) is 25.5. The molecule has 0 radical (unpaired) electrons. The van der Waals surface area contributed by atoms with Crippen molar-refractivity contribution in [2.45, 2.75) is 82.7 Å². The summed E-state index contributed by atoms with van der Waals surface area (Å²) in [6.07, 6.45) is -7.48. The van der Waals surface area contributed by atoms with Crippen molar-refractivity contribution in [1.82, 2.24) is 10.6 Å². The first-order valence-corrected chi connectivity index (χ1v) is 14.7. The molecule has 0 saturated carbocycles. The van der Waals surface area contributed by atoms with Crippen LogP contribution in [0.5, 0.6) is 0 Å². The van der Waals surface area contributed by atoms with Crippen molar-refractivity contribution in [3.05, 3.63) is 108 Å². The minimum atomic E-state index is -1.76. The van der Waals surface area contributed by atoms with E-state index in [4.69, 9.17) is 18.9 Å². The van der Waals surface area contributed by atoms with Crippen LogP contribution < -0.4 is 10.6 Å². The monoisotopic (exact) mass is 620 g/mol. The van der Waals surface area contributed by atoms with Gasteiger partial charge >= 0.3 is 12.1 Å². The van der Waals surface area contributed by atoms with Gasteiger partial charge in [0.25, 0.3) is 5.91 Å². The van der Waals surface area contributed by atoms with Crippen molar-refractivity contribution in [3.63, 3.8) is 0 Å². The smallest absolute Gasteiger partial charge is 0.407 e. The predicted octanol–water partition coefficient (Wildman–Crippen LogP) is 3.53. The Bertz CT molecular complexity index is 1380. The van der Waals surface area contributed by atoms with Crippen LogP contribution in [-0.2, 0) is 41.8 Å². The number of amides is 2. The highest BCUT2D eigenvalue weighted by molar-refractivity contribution is 5.83. The van der Waals surface area contributed by atoms with Crippen molar-refractivity contribution in [3.8, 4) is 0 Å². The number of benzene rings is 3. The third kappa shape index (κ3) is 10.1. The van der Waals surface area contributed by atoms with Crippen molar-refractivity contribution < 1.29 is 43.5 Å². The van der Waals surface area contributed by atoms with E-state index in [-0.39, 0.29) is 19.6 Å². The summed E-state index contributed by atoms with van der Waals surface area (Å²) in [5.41, 5.74) is 1.42. The lowest BCUT2D eigenvalue weighted by Crippen LogP contribution is -2.66. The summed E-state index contributed by atoms with van der Waals surface area (Å²) in [6, 6.07) is 24.8. The molecular formula is C34H40N2O9. The molecule has 0 spiro atoms. The largest absolute Gasteiger partial charge is 0.460 e. The van der Waals surface area contributed by atoms with E-state index in [0.29, 0.717) is 5.56 Å². The van der Waals surface area contributed by atoms with Gasteiger partial charge in [-0.2, -0.15) is 0 Å². The first-order valence-electron chi connectivity index (χ1n) is 14.7. The molecule has 4 N–H and O–H groups in total. The van der Waals surface area contributed by atoms with Gasteiger partial charge in [0, 0.05) is 0 Å². The molecule has 6 atom stereocenters. The maximum Gasteiger partial charge on any atom is 0.407 e. The maximum absolute atomic E-state index is 13.6. The Morgan fingerprint density at radius 1 is 0.822 bits per heavy atom. The molecule has 3 aromatic rings. The van der Waals surface area contributed by atoms with Gasteiger partial charge in [-0.1, -0.05) is 91.0 Å². The second kappa shape index (κ2) is 15.6. The number of hydrogen-bond donors (Lipinski definition) is 4. The molecule has 1 aliphatic rings. The molecule has 1 heterocycles. The molecule has 11 heteroatoms. The highest BCUT2D eigenvalue weighted by Gasteiger charge is 2.49. The number of nitrogens with one attached hydrogen (secondary N) is 2. The molecule has 0 aromatic heterocycles. The lowest BCUT2D eigenvalue weighted by Gasteiger charge is -2.42. The summed E-state index contributed by atoms with van der Waals surface area (Å²) in [5.74, 6) is -1.33. The minimum Gasteiger partial charge on any atom is -0.460 e. The van der Waals surface area contributed by atoms with Crippen LogP contribution in [0.2, 0.25) is 0 Å². The summed E-state index contributed by atoms with van der Waals surface area (Å²) < 4.78 is 22.6. The maximum atomic E-state index is 13.6. The molecule has 0 bridgehead atoms. The Kier molecular flexibility index (Phi) is 11.7. The van der Waals surface area contributed by atoms with E-state index in [0.717, 1.165) is 11.1 Å². The lowest BCUT2D eigenvalue weighted by atomic mass is 9.95. The van der Waals surface area contributed by atoms with Gasteiger partial charge in [-0.25, -0.2) is 4.79 Å². The predicted molar refractivity (Wildman–Crippen MR) is 163 cm³/mol. The third-order valence-corrected chi connectivity index (χ3v) is 6.92. The molecule has 4 rings (SSSR count). The molecule has 2 amide bonds. The normalized spacial score (nSPS) is 22.1. The fraction of sp³-hybridized carbons (Fsp3) is 0.382. The van der Waals surface area contributed by atoms with Crippen molar-refractivity contribution >= 4 is 18.0 Å². The highest BCUT2D eigenvalue weighted by atomic mass is 16.7. The van der Waals surface area contributed by atoms with Gasteiger partial charge in [0.1, 0.15) is 30.5 Å². The zero-order chi connectivity index (χ0) is 32.4. The number of carbonyl (C=O) groups excluding carboxylic acids is 3. The molecule has 11 nitrogen and oxygen atoms in total. The summed E-state index contributed by atoms with van der Waals surface area (Å²) >= 11 is 0. The Morgan fingerprint density at radius 2 is 1.38 bits per heavy atom. The van der Waals surface area contributed by atoms with Crippen molar-refractivity contribution in [2.24, 2.45) is 0 Å². The van der Waals surface area contributed by atoms with Gasteiger partial charge in [-0.15, -0.1) is 0 Å². The first-order chi connectivity index (χ1) is 21.5. The van der Waals surface area contributed by atoms with Crippen LogP contribution in [0.15, 0.2) is 91.0 Å². The third-order valence-electron chi connectivity index (χ3n) is 6.92. The average Bonchev–Trinajstić information content (AvgIpc) is 3.02. The molecule has 45 heavy (non-hydrogen) atoms. The number of carbonyl (C=O) groups is 3. The summed E-state index contributed by atoms with van der Waals surface area (Å²) in [6.45, 7) is 5.22. The van der Waals surface area contributed by atoms with Crippen molar-refractivity contribution in [2.75, 3.05) is 0 Å². The second-order valence-electron chi connectivity index (χ2n) is 11.7. The van der Waals surface area contributed by atoms with Crippen LogP contribution in [0, 0.1) is 0 Å². The fourth-order valence-electron chi connectivity index (χ4n) is 4.77. The SMILES string of the molecule is CC(C)(C)OC(=O)C[C@H](NC(=O)[C@H]1O[C@@H](OCc2ccccc2)[C@H](NC(=O)OCc2ccccc2)[C@@H](O)[C@@H]1O)c1ccccc1. The van der Waals surface area contributed by atoms with E-state index in [1.54, 1.807) is 75.4 Å². The van der Waals surface area contributed by atoms with Gasteiger partial charge in [0.15, 0.2) is 12.4 Å². The van der Waals surface area contributed by atoms with Crippen LogP contribution in [-0.4, -0.2) is 64.4 Å². The lowest BCUT2D eigenvalue weighted by molar-refractivity contribution is -0.262. The Labute approximate surface area is 262 Å². The van der Waals surface area contributed by atoms with Crippen LogP contribution >= 0.6 is 0 Å². The number of ether oxygens (including phenoxy) is 4. The number of aliphatic hydroxyl groups excluding tert-OH is 2. The number of alkyl carbamates (subject to hydrolysis) is 1. The number of esters is 1. The van der Waals surface area contributed by atoms with Crippen LogP contribution in [0.25, 0.3) is 0 Å². The van der Waals surface area contributed by atoms with Crippen LogP contribution in [0.1, 0.15) is 49.9 Å². The van der Waals surface area contributed by atoms with Gasteiger partial charge in [0.05, 0.1) is 19.1 Å². The van der Waals surface area contributed by atoms with E-state index >= 15 is 0 Å². The second-order valence-corrected chi connectivity index (χ2v) is 11.7. The Morgan fingerprint density at radius 3 is 1.96 bits per heavy atom. The van der Waals surface area contributed by atoms with Gasteiger partial charge in [-0.3, -0.25) is 9.59 Å². The van der Waals surface area contributed by atoms with E-state index in [1.807, 2.05) is 36.4 Å². The Balaban J connectivity index is 1.50. The quantitative estimate of drug-likeness (QED) is 0.236. The average molecular weight is 621 g/mol. The molecular weight excluding hydrogens is 580 g/mol. The number of rotatable bonds is 11.